The van der Waals surface area contributed by atoms with Gasteiger partial charge in [-0.3, -0.25) is 0 Å². The molecular weight excluding hydrogens is 689 g/mol. The molecule has 12 rings (SSSR count). The van der Waals surface area contributed by atoms with Crippen LogP contribution >= 0.6 is 0 Å². The summed E-state index contributed by atoms with van der Waals surface area (Å²) in [5.41, 5.74) is 16.9. The lowest BCUT2D eigenvalue weighted by Crippen LogP contribution is -2.28. The third-order valence-corrected chi connectivity index (χ3v) is 12.4. The molecule has 0 aliphatic heterocycles. The second-order valence-electron chi connectivity index (χ2n) is 15.3. The Kier molecular flexibility index (Phi) is 6.88. The third-order valence-electron chi connectivity index (χ3n) is 12.4. The average molecular weight is 725 g/mol. The second kappa shape index (κ2) is 12.3. The Labute approximate surface area is 331 Å². The van der Waals surface area contributed by atoms with E-state index in [4.69, 9.17) is 0 Å². The molecule has 2 nitrogen and oxygen atoms in total. The minimum Gasteiger partial charge on any atom is -0.309 e. The summed E-state index contributed by atoms with van der Waals surface area (Å²) in [6, 6.07) is 80.6. The smallest absolute Gasteiger partial charge is 0.0713 e. The van der Waals surface area contributed by atoms with Crippen molar-refractivity contribution in [3.05, 3.63) is 241 Å². The quantitative estimate of drug-likeness (QED) is 0.167. The number of para-hydroxylation sites is 3. The van der Waals surface area contributed by atoms with E-state index in [1.165, 1.54) is 93.8 Å². The van der Waals surface area contributed by atoms with Gasteiger partial charge in [0.15, 0.2) is 0 Å². The van der Waals surface area contributed by atoms with E-state index in [0.717, 1.165) is 5.69 Å². The second-order valence-corrected chi connectivity index (χ2v) is 15.3. The summed E-state index contributed by atoms with van der Waals surface area (Å²) in [5, 5.41) is 4.99. The van der Waals surface area contributed by atoms with Crippen LogP contribution in [0.5, 0.6) is 0 Å². The molecule has 0 radical (unpaired) electrons. The van der Waals surface area contributed by atoms with Crippen LogP contribution in [0, 0.1) is 0 Å². The summed E-state index contributed by atoms with van der Waals surface area (Å²) in [5.74, 6) is 0. The van der Waals surface area contributed by atoms with Gasteiger partial charge in [-0.25, -0.2) is 0 Å². The predicted molar refractivity (Wildman–Crippen MR) is 238 cm³/mol. The Morgan fingerprint density at radius 1 is 0.281 bits per heavy atom. The molecule has 9 aromatic carbocycles. The normalized spacial score (nSPS) is 13.1. The lowest BCUT2D eigenvalue weighted by molar-refractivity contribution is 0.770. The number of hydrogen-bond acceptors (Lipinski definition) is 0. The Morgan fingerprint density at radius 3 is 1.28 bits per heavy atom. The third kappa shape index (κ3) is 4.53. The number of hydrogen-bond donors (Lipinski definition) is 0. The van der Waals surface area contributed by atoms with Crippen LogP contribution in [0.1, 0.15) is 22.3 Å². The van der Waals surface area contributed by atoms with E-state index in [0.29, 0.717) is 0 Å². The zero-order valence-electron chi connectivity index (χ0n) is 31.2. The molecule has 2 aromatic heterocycles. The highest BCUT2D eigenvalue weighted by Crippen LogP contribution is 2.56. The van der Waals surface area contributed by atoms with Gasteiger partial charge in [0.1, 0.15) is 0 Å². The molecular formula is C55H36N2. The van der Waals surface area contributed by atoms with Gasteiger partial charge in [0.25, 0.3) is 0 Å². The standard InChI is InChI=1S/C55H36N2/c1-4-16-39(17-5-1)55(49-25-13-10-22-43(49)44-23-11-14-26-50(44)55)40-30-33-54-48(36-40)47-35-38(29-32-53(47)57(54)42-20-8-3-9-21-42)37-28-31-52-46(34-37)45-24-12-15-27-51(45)56(52)41-18-6-2-7-19-41/h1-36H. The molecule has 57 heavy (non-hydrogen) atoms. The van der Waals surface area contributed by atoms with Crippen molar-refractivity contribution in [1.82, 2.24) is 9.13 Å². The van der Waals surface area contributed by atoms with Crippen LogP contribution < -0.4 is 0 Å². The summed E-state index contributed by atoms with van der Waals surface area (Å²) in [4.78, 5) is 0. The van der Waals surface area contributed by atoms with Crippen molar-refractivity contribution < 1.29 is 0 Å². The molecule has 1 aliphatic rings. The molecule has 1 aliphatic carbocycles. The molecule has 0 saturated carbocycles. The summed E-state index contributed by atoms with van der Waals surface area (Å²) < 4.78 is 4.81. The van der Waals surface area contributed by atoms with E-state index in [-0.39, 0.29) is 0 Å². The number of aromatic nitrogens is 2. The number of benzene rings is 9. The van der Waals surface area contributed by atoms with Crippen molar-refractivity contribution in [3.8, 4) is 33.6 Å². The summed E-state index contributed by atoms with van der Waals surface area (Å²) in [6.45, 7) is 0. The molecule has 0 atom stereocenters. The minimum atomic E-state index is -0.473. The van der Waals surface area contributed by atoms with E-state index in [1.807, 2.05) is 0 Å². The zero-order valence-corrected chi connectivity index (χ0v) is 31.2. The number of rotatable bonds is 5. The lowest BCUT2D eigenvalue weighted by Gasteiger charge is -2.34. The van der Waals surface area contributed by atoms with E-state index < -0.39 is 5.41 Å². The van der Waals surface area contributed by atoms with Gasteiger partial charge in [-0.15, -0.1) is 0 Å². The predicted octanol–water partition coefficient (Wildman–Crippen LogP) is 13.9. The molecule has 0 unspecified atom stereocenters. The number of fused-ring (bicyclic) bond motifs is 9. The van der Waals surface area contributed by atoms with E-state index in [9.17, 15) is 0 Å². The molecule has 0 amide bonds. The highest BCUT2D eigenvalue weighted by atomic mass is 15.0. The van der Waals surface area contributed by atoms with Crippen molar-refractivity contribution >= 4 is 43.6 Å². The van der Waals surface area contributed by atoms with Crippen molar-refractivity contribution in [2.24, 2.45) is 0 Å². The molecule has 0 bridgehead atoms. The fraction of sp³-hybridized carbons (Fsp3) is 0.0182. The minimum absolute atomic E-state index is 0.473. The van der Waals surface area contributed by atoms with Crippen LogP contribution in [0.25, 0.3) is 77.2 Å². The molecule has 11 aromatic rings. The van der Waals surface area contributed by atoms with E-state index >= 15 is 0 Å². The van der Waals surface area contributed by atoms with Gasteiger partial charge in [0.05, 0.1) is 27.5 Å². The van der Waals surface area contributed by atoms with Crippen LogP contribution in [0.3, 0.4) is 0 Å². The topological polar surface area (TPSA) is 9.86 Å². The first kappa shape index (κ1) is 31.9. The lowest BCUT2D eigenvalue weighted by atomic mass is 9.67. The van der Waals surface area contributed by atoms with Crippen molar-refractivity contribution in [2.45, 2.75) is 5.41 Å². The molecule has 0 spiro atoms. The van der Waals surface area contributed by atoms with Crippen molar-refractivity contribution in [2.75, 3.05) is 0 Å². The maximum atomic E-state index is 2.49. The SMILES string of the molecule is c1ccc(-n2c3ccccc3c3cc(-c4ccc5c(c4)c4cc(C6(c7ccccc7)c7ccccc7-c7ccccc76)ccc4n5-c4ccccc4)ccc32)cc1. The summed E-state index contributed by atoms with van der Waals surface area (Å²) >= 11 is 0. The fourth-order valence-electron chi connectivity index (χ4n) is 10.0. The number of nitrogens with zero attached hydrogens (tertiary/aromatic N) is 2. The van der Waals surface area contributed by atoms with Crippen molar-refractivity contribution in [3.63, 3.8) is 0 Å². The Bertz CT molecular complexity index is 3290. The van der Waals surface area contributed by atoms with Crippen LogP contribution in [0.4, 0.5) is 0 Å². The van der Waals surface area contributed by atoms with Gasteiger partial charge in [-0.05, 0) is 111 Å². The van der Waals surface area contributed by atoms with Gasteiger partial charge in [0, 0.05) is 32.9 Å². The average Bonchev–Trinajstić information content (AvgIpc) is 3.91. The van der Waals surface area contributed by atoms with Crippen LogP contribution in [-0.2, 0) is 5.41 Å². The van der Waals surface area contributed by atoms with Gasteiger partial charge in [-0.2, -0.15) is 0 Å². The highest BCUT2D eigenvalue weighted by molar-refractivity contribution is 6.13. The van der Waals surface area contributed by atoms with Gasteiger partial charge < -0.3 is 9.13 Å². The van der Waals surface area contributed by atoms with Gasteiger partial charge >= 0.3 is 0 Å². The van der Waals surface area contributed by atoms with E-state index in [1.54, 1.807) is 0 Å². The molecule has 2 heterocycles. The first-order valence-electron chi connectivity index (χ1n) is 19.8. The highest BCUT2D eigenvalue weighted by Gasteiger charge is 2.46. The summed E-state index contributed by atoms with van der Waals surface area (Å²) in [7, 11) is 0. The Morgan fingerprint density at radius 2 is 0.702 bits per heavy atom. The van der Waals surface area contributed by atoms with Crippen LogP contribution in [-0.4, -0.2) is 9.13 Å². The van der Waals surface area contributed by atoms with Crippen molar-refractivity contribution in [1.29, 1.82) is 0 Å². The van der Waals surface area contributed by atoms with E-state index in [2.05, 4.69) is 228 Å². The van der Waals surface area contributed by atoms with Crippen LogP contribution in [0.2, 0.25) is 0 Å². The first-order chi connectivity index (χ1) is 28.3. The Balaban J connectivity index is 1.13. The summed E-state index contributed by atoms with van der Waals surface area (Å²) in [6.07, 6.45) is 0. The van der Waals surface area contributed by atoms with Gasteiger partial charge in [-0.1, -0.05) is 152 Å². The molecule has 0 fully saturated rings. The van der Waals surface area contributed by atoms with Gasteiger partial charge in [0.2, 0.25) is 0 Å². The molecule has 0 N–H and O–H groups in total. The van der Waals surface area contributed by atoms with Crippen LogP contribution in [0.15, 0.2) is 218 Å². The largest absolute Gasteiger partial charge is 0.309 e. The Hall–Kier alpha value is -7.42. The molecule has 0 saturated heterocycles. The molecule has 266 valence electrons. The first-order valence-corrected chi connectivity index (χ1v) is 19.8. The monoisotopic (exact) mass is 724 g/mol. The fourth-order valence-corrected chi connectivity index (χ4v) is 10.0. The maximum Gasteiger partial charge on any atom is 0.0713 e. The zero-order chi connectivity index (χ0) is 37.5. The molecule has 2 heteroatoms. The maximum absolute atomic E-state index is 2.49.